The van der Waals surface area contributed by atoms with E-state index >= 15 is 0 Å². The van der Waals surface area contributed by atoms with Crippen LogP contribution in [0.5, 0.6) is 0 Å². The van der Waals surface area contributed by atoms with Gasteiger partial charge in [-0.3, -0.25) is 24.0 Å². The van der Waals surface area contributed by atoms with Crippen LogP contribution in [-0.2, 0) is 28.8 Å². The summed E-state index contributed by atoms with van der Waals surface area (Å²) in [4.78, 5) is 71.7. The molecule has 0 radical (unpaired) electrons. The van der Waals surface area contributed by atoms with Crippen molar-refractivity contribution >= 4 is 35.6 Å². The summed E-state index contributed by atoms with van der Waals surface area (Å²) in [5.41, 5.74) is 16.4. The zero-order valence-electron chi connectivity index (χ0n) is 20.1. The molecule has 0 aromatic heterocycles. The largest absolute Gasteiger partial charge is 0.481 e. The van der Waals surface area contributed by atoms with Crippen LogP contribution in [0.4, 0.5) is 0 Å². The maximum atomic E-state index is 12.9. The van der Waals surface area contributed by atoms with Crippen LogP contribution in [0.1, 0.15) is 58.8 Å². The van der Waals surface area contributed by atoms with Crippen LogP contribution < -0.4 is 33.2 Å². The molecule has 0 aliphatic heterocycles. The van der Waals surface area contributed by atoms with Gasteiger partial charge in [-0.2, -0.15) is 0 Å². The number of unbranched alkanes of at least 4 members (excludes halogenated alkanes) is 1. The molecule has 0 saturated heterocycles. The van der Waals surface area contributed by atoms with Crippen LogP contribution in [0.25, 0.3) is 0 Å². The Kier molecular flexibility index (Phi) is 14.9. The summed E-state index contributed by atoms with van der Waals surface area (Å²) in [7, 11) is 0. The molecular formula is C21H38N6O8. The number of carbonyl (C=O) groups is 6. The Hall–Kier alpha value is -3.26. The molecule has 0 rings (SSSR count). The van der Waals surface area contributed by atoms with Crippen molar-refractivity contribution in [3.05, 3.63) is 0 Å². The summed E-state index contributed by atoms with van der Waals surface area (Å²) < 4.78 is 0. The van der Waals surface area contributed by atoms with Crippen molar-refractivity contribution < 1.29 is 39.0 Å². The zero-order valence-corrected chi connectivity index (χ0v) is 20.1. The van der Waals surface area contributed by atoms with Crippen LogP contribution in [-0.4, -0.2) is 76.5 Å². The first-order valence-corrected chi connectivity index (χ1v) is 11.4. The summed E-state index contributed by atoms with van der Waals surface area (Å²) >= 11 is 0. The van der Waals surface area contributed by atoms with Crippen molar-refractivity contribution in [1.29, 1.82) is 0 Å². The minimum atomic E-state index is -1.41. The second kappa shape index (κ2) is 16.4. The number of amides is 4. The predicted octanol–water partition coefficient (Wildman–Crippen LogP) is -2.23. The molecule has 0 spiro atoms. The van der Waals surface area contributed by atoms with Crippen molar-refractivity contribution in [3.8, 4) is 0 Å². The highest BCUT2D eigenvalue weighted by molar-refractivity contribution is 5.94. The normalized spacial score (nSPS) is 14.3. The first-order valence-electron chi connectivity index (χ1n) is 11.4. The predicted molar refractivity (Wildman–Crippen MR) is 124 cm³/mol. The molecule has 14 nitrogen and oxygen atoms in total. The van der Waals surface area contributed by atoms with E-state index in [4.69, 9.17) is 22.3 Å². The van der Waals surface area contributed by atoms with Gasteiger partial charge in [0.05, 0.1) is 6.04 Å². The molecule has 200 valence electrons. The van der Waals surface area contributed by atoms with Crippen LogP contribution in [0.15, 0.2) is 0 Å². The van der Waals surface area contributed by atoms with Crippen LogP contribution in [0, 0.1) is 5.92 Å². The van der Waals surface area contributed by atoms with Gasteiger partial charge in [-0.25, -0.2) is 4.79 Å². The highest BCUT2D eigenvalue weighted by atomic mass is 16.4. The van der Waals surface area contributed by atoms with E-state index in [-0.39, 0.29) is 19.3 Å². The van der Waals surface area contributed by atoms with Crippen molar-refractivity contribution in [3.63, 3.8) is 0 Å². The smallest absolute Gasteiger partial charge is 0.326 e. The van der Waals surface area contributed by atoms with Crippen molar-refractivity contribution in [2.75, 3.05) is 6.54 Å². The average molecular weight is 503 g/mol. The van der Waals surface area contributed by atoms with E-state index in [2.05, 4.69) is 16.0 Å². The van der Waals surface area contributed by atoms with E-state index in [0.29, 0.717) is 25.8 Å². The lowest BCUT2D eigenvalue weighted by Crippen LogP contribution is -2.57. The summed E-state index contributed by atoms with van der Waals surface area (Å²) in [5.74, 6) is -6.20. The van der Waals surface area contributed by atoms with E-state index in [1.807, 2.05) is 0 Å². The molecule has 0 fully saturated rings. The first-order chi connectivity index (χ1) is 16.3. The Morgan fingerprint density at radius 1 is 0.771 bits per heavy atom. The lowest BCUT2D eigenvalue weighted by atomic mass is 10.0. The maximum Gasteiger partial charge on any atom is 0.326 e. The van der Waals surface area contributed by atoms with E-state index in [1.165, 1.54) is 0 Å². The third-order valence-electron chi connectivity index (χ3n) is 5.13. The fraction of sp³-hybridized carbons (Fsp3) is 0.714. The SMILES string of the molecule is CC(C)C(NC(=O)C(CCC(=O)O)NC(=O)C(CCC(N)=O)NC(=O)C(N)CCCCN)C(=O)O. The zero-order chi connectivity index (χ0) is 27.1. The number of hydrogen-bond donors (Lipinski definition) is 8. The number of rotatable bonds is 18. The number of nitrogens with two attached hydrogens (primary N) is 3. The molecule has 4 atom stereocenters. The third-order valence-corrected chi connectivity index (χ3v) is 5.13. The molecule has 11 N–H and O–H groups in total. The maximum absolute atomic E-state index is 12.9. The highest BCUT2D eigenvalue weighted by Gasteiger charge is 2.31. The molecule has 0 heterocycles. The Bertz CT molecular complexity index is 760. The molecular weight excluding hydrogens is 464 g/mol. The summed E-state index contributed by atoms with van der Waals surface area (Å²) in [6.07, 6.45) is 0.250. The van der Waals surface area contributed by atoms with Gasteiger partial charge in [-0.1, -0.05) is 20.3 Å². The van der Waals surface area contributed by atoms with Crippen LogP contribution in [0.3, 0.4) is 0 Å². The number of primary amides is 1. The molecule has 0 aliphatic rings. The van der Waals surface area contributed by atoms with E-state index in [0.717, 1.165) is 0 Å². The van der Waals surface area contributed by atoms with Gasteiger partial charge in [-0.15, -0.1) is 0 Å². The molecule has 0 aromatic rings. The van der Waals surface area contributed by atoms with Gasteiger partial charge in [-0.05, 0) is 38.1 Å². The Morgan fingerprint density at radius 3 is 1.74 bits per heavy atom. The van der Waals surface area contributed by atoms with Gasteiger partial charge in [0.25, 0.3) is 0 Å². The molecule has 14 heteroatoms. The summed E-state index contributed by atoms with van der Waals surface area (Å²) in [6.45, 7) is 3.56. The fourth-order valence-corrected chi connectivity index (χ4v) is 3.05. The summed E-state index contributed by atoms with van der Waals surface area (Å²) in [6, 6.07) is -4.93. The fourth-order valence-electron chi connectivity index (χ4n) is 3.05. The number of nitrogens with one attached hydrogen (secondary N) is 3. The molecule has 4 unspecified atom stereocenters. The van der Waals surface area contributed by atoms with Crippen molar-refractivity contribution in [2.24, 2.45) is 23.1 Å². The molecule has 4 amide bonds. The number of carboxylic acid groups (broad SMARTS) is 2. The topological polar surface area (TPSA) is 257 Å². The van der Waals surface area contributed by atoms with Gasteiger partial charge in [0.2, 0.25) is 23.6 Å². The standard InChI is InChI=1S/C21H38N6O8/c1-11(2)17(21(34)35)27-20(33)14(7-9-16(29)30)26-19(32)13(6-8-15(24)28)25-18(31)12(23)5-3-4-10-22/h11-14,17H,3-10,22-23H2,1-2H3,(H2,24,28)(H,25,31)(H,26,32)(H,27,33)(H,29,30)(H,34,35). The van der Waals surface area contributed by atoms with Gasteiger partial charge in [0, 0.05) is 12.8 Å². The van der Waals surface area contributed by atoms with E-state index < -0.39 is 72.1 Å². The quantitative estimate of drug-likeness (QED) is 0.0935. The van der Waals surface area contributed by atoms with Gasteiger partial charge in [0.1, 0.15) is 18.1 Å². The minimum Gasteiger partial charge on any atom is -0.481 e. The van der Waals surface area contributed by atoms with Crippen LogP contribution >= 0.6 is 0 Å². The number of aliphatic carboxylic acids is 2. The minimum absolute atomic E-state index is 0.195. The number of hydrogen-bond acceptors (Lipinski definition) is 8. The lowest BCUT2D eigenvalue weighted by Gasteiger charge is -2.25. The molecule has 0 aliphatic carbocycles. The van der Waals surface area contributed by atoms with Gasteiger partial charge < -0.3 is 43.4 Å². The third kappa shape index (κ3) is 13.3. The molecule has 0 bridgehead atoms. The monoisotopic (exact) mass is 502 g/mol. The lowest BCUT2D eigenvalue weighted by molar-refractivity contribution is -0.144. The summed E-state index contributed by atoms with van der Waals surface area (Å²) in [5, 5.41) is 25.4. The number of carboxylic acids is 2. The molecule has 35 heavy (non-hydrogen) atoms. The highest BCUT2D eigenvalue weighted by Crippen LogP contribution is 2.07. The molecule has 0 saturated carbocycles. The second-order valence-corrected chi connectivity index (χ2v) is 8.52. The number of carbonyl (C=O) groups excluding carboxylic acids is 4. The van der Waals surface area contributed by atoms with E-state index in [1.54, 1.807) is 13.8 Å². The Labute approximate surface area is 203 Å². The molecule has 0 aromatic carbocycles. The van der Waals surface area contributed by atoms with Crippen molar-refractivity contribution in [2.45, 2.75) is 83.0 Å². The van der Waals surface area contributed by atoms with Crippen LogP contribution in [0.2, 0.25) is 0 Å². The van der Waals surface area contributed by atoms with Crippen molar-refractivity contribution in [1.82, 2.24) is 16.0 Å². The van der Waals surface area contributed by atoms with Gasteiger partial charge in [0.15, 0.2) is 0 Å². The van der Waals surface area contributed by atoms with E-state index in [9.17, 15) is 33.9 Å². The Balaban J connectivity index is 5.55. The van der Waals surface area contributed by atoms with Gasteiger partial charge >= 0.3 is 11.9 Å². The average Bonchev–Trinajstić information content (AvgIpc) is 2.76. The first kappa shape index (κ1) is 31.7. The second-order valence-electron chi connectivity index (χ2n) is 8.52. The Morgan fingerprint density at radius 2 is 1.29 bits per heavy atom.